The van der Waals surface area contributed by atoms with Crippen LogP contribution in [-0.4, -0.2) is 51.2 Å². The number of nitrogens with zero attached hydrogens (tertiary/aromatic N) is 1. The number of carbonyl (C=O) groups excluding carboxylic acids is 1. The molecule has 0 aliphatic heterocycles. The van der Waals surface area contributed by atoms with Crippen LogP contribution in [0.2, 0.25) is 0 Å². The summed E-state index contributed by atoms with van der Waals surface area (Å²) in [5, 5.41) is 2.84. The lowest BCUT2D eigenvalue weighted by Crippen LogP contribution is -2.36. The van der Waals surface area contributed by atoms with Crippen molar-refractivity contribution in [1.82, 2.24) is 9.62 Å². The second-order valence-electron chi connectivity index (χ2n) is 6.43. The number of sulfonamides is 1. The van der Waals surface area contributed by atoms with E-state index in [4.69, 9.17) is 4.74 Å². The van der Waals surface area contributed by atoms with E-state index in [0.717, 1.165) is 10.5 Å². The van der Waals surface area contributed by atoms with Gasteiger partial charge < -0.3 is 10.1 Å². The van der Waals surface area contributed by atoms with Crippen LogP contribution in [0.3, 0.4) is 0 Å². The van der Waals surface area contributed by atoms with Gasteiger partial charge in [-0.15, -0.1) is 11.8 Å². The van der Waals surface area contributed by atoms with E-state index < -0.39 is 10.0 Å². The maximum absolute atomic E-state index is 12.7. The minimum atomic E-state index is -3.58. The Morgan fingerprint density at radius 2 is 1.79 bits per heavy atom. The number of benzene rings is 2. The highest BCUT2D eigenvalue weighted by molar-refractivity contribution is 8.00. The van der Waals surface area contributed by atoms with Crippen LogP contribution < -0.4 is 5.32 Å². The molecule has 152 valence electrons. The number of thioether (sulfide) groups is 1. The summed E-state index contributed by atoms with van der Waals surface area (Å²) < 4.78 is 31.8. The molecule has 2 aromatic carbocycles. The van der Waals surface area contributed by atoms with Crippen LogP contribution in [0.1, 0.15) is 12.5 Å². The summed E-state index contributed by atoms with van der Waals surface area (Å²) in [6.45, 7) is 2.64. The fourth-order valence-electron chi connectivity index (χ4n) is 2.57. The topological polar surface area (TPSA) is 75.7 Å². The average Bonchev–Trinajstić information content (AvgIpc) is 2.67. The first kappa shape index (κ1) is 22.4. The Labute approximate surface area is 171 Å². The fourth-order valence-corrected chi connectivity index (χ4v) is 4.44. The van der Waals surface area contributed by atoms with Crippen LogP contribution in [0.4, 0.5) is 0 Å². The highest BCUT2D eigenvalue weighted by Gasteiger charge is 2.20. The second kappa shape index (κ2) is 10.6. The summed E-state index contributed by atoms with van der Waals surface area (Å²) in [5.41, 5.74) is 0.925. The zero-order chi connectivity index (χ0) is 20.6. The van der Waals surface area contributed by atoms with Crippen LogP contribution in [0.5, 0.6) is 0 Å². The van der Waals surface area contributed by atoms with Crippen molar-refractivity contribution in [3.63, 3.8) is 0 Å². The van der Waals surface area contributed by atoms with E-state index in [0.29, 0.717) is 13.2 Å². The molecule has 0 aliphatic rings. The van der Waals surface area contributed by atoms with Crippen LogP contribution >= 0.6 is 11.8 Å². The number of amides is 1. The van der Waals surface area contributed by atoms with Crippen molar-refractivity contribution in [3.8, 4) is 0 Å². The van der Waals surface area contributed by atoms with Gasteiger partial charge in [-0.2, -0.15) is 4.31 Å². The Balaban J connectivity index is 1.94. The third-order valence-electron chi connectivity index (χ3n) is 3.97. The lowest BCUT2D eigenvalue weighted by molar-refractivity contribution is -0.119. The number of rotatable bonds is 10. The smallest absolute Gasteiger partial charge is 0.243 e. The number of ether oxygens (including phenoxy) is 1. The average molecular weight is 423 g/mol. The molecule has 8 heteroatoms. The van der Waals surface area contributed by atoms with E-state index >= 15 is 0 Å². The van der Waals surface area contributed by atoms with Gasteiger partial charge in [0.05, 0.1) is 17.3 Å². The van der Waals surface area contributed by atoms with Gasteiger partial charge in [-0.25, -0.2) is 8.42 Å². The second-order valence-corrected chi connectivity index (χ2v) is 9.52. The van der Waals surface area contributed by atoms with Gasteiger partial charge in [0.1, 0.15) is 0 Å². The molecule has 1 amide bonds. The van der Waals surface area contributed by atoms with Crippen LogP contribution in [-0.2, 0) is 26.1 Å². The van der Waals surface area contributed by atoms with Crippen molar-refractivity contribution in [2.24, 2.45) is 0 Å². The molecular weight excluding hydrogens is 396 g/mol. The van der Waals surface area contributed by atoms with Crippen molar-refractivity contribution in [2.75, 3.05) is 26.5 Å². The summed E-state index contributed by atoms with van der Waals surface area (Å²) in [7, 11) is -0.423. The van der Waals surface area contributed by atoms with Gasteiger partial charge in [-0.05, 0) is 36.8 Å². The SMILES string of the molecule is COC[C@H](C)NC(=O)CSc1ccc(S(=O)(=O)N(C)Cc2ccccc2)cc1. The first-order valence-electron chi connectivity index (χ1n) is 8.84. The molecule has 1 atom stereocenters. The van der Waals surface area contributed by atoms with Gasteiger partial charge >= 0.3 is 0 Å². The van der Waals surface area contributed by atoms with Crippen molar-refractivity contribution >= 4 is 27.7 Å². The highest BCUT2D eigenvalue weighted by Crippen LogP contribution is 2.22. The van der Waals surface area contributed by atoms with Crippen molar-refractivity contribution in [2.45, 2.75) is 29.3 Å². The summed E-state index contributed by atoms with van der Waals surface area (Å²) in [4.78, 5) is 13.0. The zero-order valence-corrected chi connectivity index (χ0v) is 17.9. The molecule has 2 rings (SSSR count). The number of hydrogen-bond donors (Lipinski definition) is 1. The van der Waals surface area contributed by atoms with Crippen LogP contribution in [0.15, 0.2) is 64.4 Å². The molecule has 0 fully saturated rings. The Morgan fingerprint density at radius 3 is 2.39 bits per heavy atom. The maximum Gasteiger partial charge on any atom is 0.243 e. The molecule has 0 heterocycles. The molecule has 0 saturated carbocycles. The van der Waals surface area contributed by atoms with Crippen LogP contribution in [0, 0.1) is 0 Å². The minimum Gasteiger partial charge on any atom is -0.383 e. The van der Waals surface area contributed by atoms with E-state index in [2.05, 4.69) is 5.32 Å². The molecule has 6 nitrogen and oxygen atoms in total. The number of carbonyl (C=O) groups is 1. The lowest BCUT2D eigenvalue weighted by Gasteiger charge is -2.17. The van der Waals surface area contributed by atoms with Crippen molar-refractivity contribution in [3.05, 3.63) is 60.2 Å². The van der Waals surface area contributed by atoms with E-state index in [-0.39, 0.29) is 22.6 Å². The Hall–Kier alpha value is -1.87. The minimum absolute atomic E-state index is 0.0502. The highest BCUT2D eigenvalue weighted by atomic mass is 32.2. The van der Waals surface area contributed by atoms with E-state index in [1.54, 1.807) is 38.4 Å². The molecule has 0 unspecified atom stereocenters. The molecule has 28 heavy (non-hydrogen) atoms. The monoisotopic (exact) mass is 422 g/mol. The Morgan fingerprint density at radius 1 is 1.14 bits per heavy atom. The molecular formula is C20H26N2O4S2. The molecule has 0 bridgehead atoms. The third kappa shape index (κ3) is 6.63. The van der Waals surface area contributed by atoms with Crippen molar-refractivity contribution < 1.29 is 17.9 Å². The number of hydrogen-bond acceptors (Lipinski definition) is 5. The molecule has 0 aromatic heterocycles. The quantitative estimate of drug-likeness (QED) is 0.596. The summed E-state index contributed by atoms with van der Waals surface area (Å²) in [5.74, 6) is 0.169. The Kier molecular flexibility index (Phi) is 8.50. The zero-order valence-electron chi connectivity index (χ0n) is 16.3. The normalized spacial score (nSPS) is 12.7. The molecule has 0 saturated heterocycles. The number of methoxy groups -OCH3 is 1. The predicted molar refractivity (Wildman–Crippen MR) is 112 cm³/mol. The molecule has 0 spiro atoms. The molecule has 1 N–H and O–H groups in total. The largest absolute Gasteiger partial charge is 0.383 e. The van der Waals surface area contributed by atoms with E-state index in [9.17, 15) is 13.2 Å². The van der Waals surface area contributed by atoms with Crippen molar-refractivity contribution in [1.29, 1.82) is 0 Å². The van der Waals surface area contributed by atoms with Gasteiger partial charge in [0.25, 0.3) is 0 Å². The van der Waals surface area contributed by atoms with E-state index in [1.165, 1.54) is 16.1 Å². The Bertz CT molecular complexity index is 856. The standard InChI is InChI=1S/C20H26N2O4S2/c1-16(14-26-3)21-20(23)15-27-18-9-11-19(12-10-18)28(24,25)22(2)13-17-7-5-4-6-8-17/h4-12,16H,13-15H2,1-3H3,(H,21,23)/t16-/m0/s1. The molecule has 2 aromatic rings. The van der Waals surface area contributed by atoms with Gasteiger partial charge in [0.15, 0.2) is 0 Å². The summed E-state index contributed by atoms with van der Waals surface area (Å²) in [6, 6.07) is 16.0. The molecule has 0 aliphatic carbocycles. The summed E-state index contributed by atoms with van der Waals surface area (Å²) in [6.07, 6.45) is 0. The van der Waals surface area contributed by atoms with Gasteiger partial charge in [0.2, 0.25) is 15.9 Å². The maximum atomic E-state index is 12.7. The molecule has 0 radical (unpaired) electrons. The fraction of sp³-hybridized carbons (Fsp3) is 0.350. The lowest BCUT2D eigenvalue weighted by atomic mass is 10.2. The van der Waals surface area contributed by atoms with Gasteiger partial charge in [0, 0.05) is 31.6 Å². The van der Waals surface area contributed by atoms with Gasteiger partial charge in [-0.1, -0.05) is 30.3 Å². The predicted octanol–water partition coefficient (Wildman–Crippen LogP) is 2.75. The first-order chi connectivity index (χ1) is 13.3. The van der Waals surface area contributed by atoms with Gasteiger partial charge in [-0.3, -0.25) is 4.79 Å². The van der Waals surface area contributed by atoms with Crippen LogP contribution in [0.25, 0.3) is 0 Å². The first-order valence-corrected chi connectivity index (χ1v) is 11.3. The van der Waals surface area contributed by atoms with E-state index in [1.807, 2.05) is 37.3 Å². The number of nitrogens with one attached hydrogen (secondary N) is 1. The summed E-state index contributed by atoms with van der Waals surface area (Å²) >= 11 is 1.36. The third-order valence-corrected chi connectivity index (χ3v) is 6.80.